The summed E-state index contributed by atoms with van der Waals surface area (Å²) in [5.41, 5.74) is 0.394. The molecule has 3 fully saturated rings. The van der Waals surface area contributed by atoms with E-state index in [1.807, 2.05) is 0 Å². The lowest BCUT2D eigenvalue weighted by atomic mass is 9.61. The summed E-state index contributed by atoms with van der Waals surface area (Å²) in [6.07, 6.45) is 1.66. The Morgan fingerprint density at radius 3 is 2.41 bits per heavy atom. The number of piperidine rings is 1. The van der Waals surface area contributed by atoms with Crippen molar-refractivity contribution < 1.29 is 32.7 Å². The van der Waals surface area contributed by atoms with Crippen molar-refractivity contribution in [2.24, 2.45) is 22.9 Å². The first-order chi connectivity index (χ1) is 15.2. The lowest BCUT2D eigenvalue weighted by molar-refractivity contribution is -0.151. The number of hydrogen-bond donors (Lipinski definition) is 3. The molecular weight excluding hydrogens is 440 g/mol. The summed E-state index contributed by atoms with van der Waals surface area (Å²) in [7, 11) is -3.80. The van der Waals surface area contributed by atoms with Crippen LogP contribution in [0.4, 0.5) is 0 Å². The normalized spacial score (nSPS) is 24.8. The van der Waals surface area contributed by atoms with Crippen LogP contribution in [0.25, 0.3) is 0 Å². The number of carbonyl (C=O) groups is 4. The molecule has 12 heteroatoms. The second-order valence-electron chi connectivity index (χ2n) is 8.09. The zero-order valence-electron chi connectivity index (χ0n) is 17.3. The Morgan fingerprint density at radius 2 is 1.81 bits per heavy atom. The minimum absolute atomic E-state index is 0.00732. The Bertz CT molecular complexity index is 996. The number of benzene rings is 1. The lowest BCUT2D eigenvalue weighted by Crippen LogP contribution is -2.59. The highest BCUT2D eigenvalue weighted by Gasteiger charge is 2.49. The van der Waals surface area contributed by atoms with Crippen molar-refractivity contribution in [3.63, 3.8) is 0 Å². The first-order valence-corrected chi connectivity index (χ1v) is 11.8. The van der Waals surface area contributed by atoms with Gasteiger partial charge in [0.15, 0.2) is 0 Å². The molecule has 3 amide bonds. The number of nitrogens with two attached hydrogens (primary N) is 1. The minimum Gasteiger partial charge on any atom is -0.483 e. The van der Waals surface area contributed by atoms with Crippen molar-refractivity contribution in [3.05, 3.63) is 29.8 Å². The molecule has 32 heavy (non-hydrogen) atoms. The quantitative estimate of drug-likeness (QED) is 0.485. The summed E-state index contributed by atoms with van der Waals surface area (Å²) in [6.45, 7) is 1.97. The molecule has 1 aromatic rings. The summed E-state index contributed by atoms with van der Waals surface area (Å²) < 4.78 is 22.7. The van der Waals surface area contributed by atoms with Gasteiger partial charge >= 0.3 is 0 Å². The molecule has 3 aliphatic rings. The molecule has 0 spiro atoms. The van der Waals surface area contributed by atoms with Crippen molar-refractivity contribution in [2.75, 3.05) is 32.7 Å². The van der Waals surface area contributed by atoms with E-state index in [1.165, 1.54) is 24.3 Å². The van der Waals surface area contributed by atoms with E-state index < -0.39 is 10.0 Å². The standard InChI is InChI=1S/C19H24N4O5S.CH2O2/c20-29(27,28)14-3-1-12(2-4-14)18(25)22-7-5-13-9-15(16(13)10-22)19(26)23-8-6-21-17(24)11-23;2-1-3/h1-4,13,15-16H,5-11H2,(H,21,24)(H2,20,27,28);1H,(H,2,3)/t13-,15-,16-;/m1./s1. The number of rotatable bonds is 3. The fourth-order valence-electron chi connectivity index (χ4n) is 4.58. The van der Waals surface area contributed by atoms with Gasteiger partial charge in [-0.15, -0.1) is 0 Å². The van der Waals surface area contributed by atoms with Crippen LogP contribution in [-0.4, -0.2) is 80.2 Å². The number of carboxylic acid groups (broad SMARTS) is 1. The van der Waals surface area contributed by atoms with E-state index in [4.69, 9.17) is 15.0 Å². The second kappa shape index (κ2) is 9.65. The first-order valence-electron chi connectivity index (χ1n) is 10.2. The van der Waals surface area contributed by atoms with Gasteiger partial charge in [-0.05, 0) is 48.9 Å². The van der Waals surface area contributed by atoms with E-state index in [-0.39, 0.29) is 47.5 Å². The molecule has 0 unspecified atom stereocenters. The molecular formula is C20H26N4O7S. The Morgan fingerprint density at radius 1 is 1.16 bits per heavy atom. The van der Waals surface area contributed by atoms with E-state index in [1.54, 1.807) is 9.80 Å². The van der Waals surface area contributed by atoms with E-state index >= 15 is 0 Å². The molecule has 2 aliphatic heterocycles. The van der Waals surface area contributed by atoms with Crippen LogP contribution < -0.4 is 10.5 Å². The van der Waals surface area contributed by atoms with Crippen molar-refractivity contribution in [1.82, 2.24) is 15.1 Å². The molecule has 2 heterocycles. The van der Waals surface area contributed by atoms with E-state index in [0.717, 1.165) is 12.8 Å². The maximum atomic E-state index is 12.9. The Labute approximate surface area is 185 Å². The van der Waals surface area contributed by atoms with Gasteiger partial charge in [0.25, 0.3) is 12.4 Å². The average molecular weight is 467 g/mol. The van der Waals surface area contributed by atoms with Crippen LogP contribution in [0, 0.1) is 17.8 Å². The monoisotopic (exact) mass is 466 g/mol. The largest absolute Gasteiger partial charge is 0.483 e. The Balaban J connectivity index is 0.000000913. The third-order valence-corrected chi connectivity index (χ3v) is 7.19. The SMILES string of the molecule is NS(=O)(=O)c1ccc(C(=O)N2CC[C@@H]3C[C@@H](C(=O)N4CCNC(=O)C4)[C@@H]3C2)cc1.O=CO. The molecule has 2 saturated heterocycles. The number of nitrogens with zero attached hydrogens (tertiary/aromatic N) is 2. The highest BCUT2D eigenvalue weighted by atomic mass is 32.2. The van der Waals surface area contributed by atoms with E-state index in [0.29, 0.717) is 37.7 Å². The number of hydrogen-bond acceptors (Lipinski definition) is 6. The summed E-state index contributed by atoms with van der Waals surface area (Å²) in [5.74, 6) is 0.0770. The molecule has 1 aliphatic carbocycles. The first kappa shape index (κ1) is 23.7. The van der Waals surface area contributed by atoms with Gasteiger partial charge in [-0.2, -0.15) is 0 Å². The van der Waals surface area contributed by atoms with E-state index in [9.17, 15) is 22.8 Å². The number of sulfonamides is 1. The van der Waals surface area contributed by atoms with Crippen LogP contribution in [0.15, 0.2) is 29.2 Å². The maximum absolute atomic E-state index is 12.9. The zero-order chi connectivity index (χ0) is 23.5. The summed E-state index contributed by atoms with van der Waals surface area (Å²) in [4.78, 5) is 48.9. The Kier molecular flexibility index (Phi) is 7.14. The molecule has 4 rings (SSSR count). The summed E-state index contributed by atoms with van der Waals surface area (Å²) in [5, 5.41) is 14.7. The van der Waals surface area contributed by atoms with Crippen LogP contribution in [-0.2, 0) is 24.4 Å². The highest BCUT2D eigenvalue weighted by molar-refractivity contribution is 7.89. The molecule has 4 N–H and O–H groups in total. The van der Waals surface area contributed by atoms with Gasteiger partial charge in [0, 0.05) is 37.7 Å². The van der Waals surface area contributed by atoms with Gasteiger partial charge < -0.3 is 20.2 Å². The number of piperazine rings is 1. The van der Waals surface area contributed by atoms with E-state index in [2.05, 4.69) is 5.32 Å². The smallest absolute Gasteiger partial charge is 0.290 e. The third kappa shape index (κ3) is 5.07. The van der Waals surface area contributed by atoms with Gasteiger partial charge in [0.1, 0.15) is 0 Å². The molecule has 0 radical (unpaired) electrons. The van der Waals surface area contributed by atoms with Gasteiger partial charge in [-0.25, -0.2) is 13.6 Å². The highest BCUT2D eigenvalue weighted by Crippen LogP contribution is 2.46. The van der Waals surface area contributed by atoms with Crippen molar-refractivity contribution >= 4 is 34.2 Å². The molecule has 1 saturated carbocycles. The van der Waals surface area contributed by atoms with Gasteiger partial charge in [0.05, 0.1) is 11.4 Å². The van der Waals surface area contributed by atoms with Crippen LogP contribution in [0.2, 0.25) is 0 Å². The van der Waals surface area contributed by atoms with Crippen molar-refractivity contribution in [3.8, 4) is 0 Å². The number of amides is 3. The predicted molar refractivity (Wildman–Crippen MR) is 112 cm³/mol. The van der Waals surface area contributed by atoms with Crippen molar-refractivity contribution in [2.45, 2.75) is 17.7 Å². The van der Waals surface area contributed by atoms with Gasteiger partial charge in [-0.3, -0.25) is 19.2 Å². The number of likely N-dealkylation sites (tertiary alicyclic amines) is 1. The maximum Gasteiger partial charge on any atom is 0.290 e. The number of fused-ring (bicyclic) bond motifs is 1. The summed E-state index contributed by atoms with van der Waals surface area (Å²) >= 11 is 0. The Hall–Kier alpha value is -2.99. The molecule has 3 atom stereocenters. The van der Waals surface area contributed by atoms with Crippen LogP contribution in [0.1, 0.15) is 23.2 Å². The minimum atomic E-state index is -3.80. The van der Waals surface area contributed by atoms with Crippen LogP contribution >= 0.6 is 0 Å². The zero-order valence-corrected chi connectivity index (χ0v) is 18.2. The molecule has 0 bridgehead atoms. The third-order valence-electron chi connectivity index (χ3n) is 6.26. The van der Waals surface area contributed by atoms with Gasteiger partial charge in [-0.1, -0.05) is 0 Å². The second-order valence-corrected chi connectivity index (χ2v) is 9.65. The molecule has 1 aromatic carbocycles. The fraction of sp³-hybridized carbons (Fsp3) is 0.500. The lowest BCUT2D eigenvalue weighted by Gasteiger charge is -2.51. The predicted octanol–water partition coefficient (Wildman–Crippen LogP) is -0.909. The average Bonchev–Trinajstić information content (AvgIpc) is 2.74. The number of nitrogens with one attached hydrogen (secondary N) is 1. The fourth-order valence-corrected chi connectivity index (χ4v) is 5.10. The van der Waals surface area contributed by atoms with Crippen LogP contribution in [0.5, 0.6) is 0 Å². The van der Waals surface area contributed by atoms with Crippen molar-refractivity contribution in [1.29, 1.82) is 0 Å². The summed E-state index contributed by atoms with van der Waals surface area (Å²) in [6, 6.07) is 5.58. The van der Waals surface area contributed by atoms with Crippen LogP contribution in [0.3, 0.4) is 0 Å². The molecule has 174 valence electrons. The topological polar surface area (TPSA) is 167 Å². The number of primary sulfonamides is 1. The number of carbonyl (C=O) groups excluding carboxylic acids is 3. The molecule has 11 nitrogen and oxygen atoms in total. The molecule has 0 aromatic heterocycles. The van der Waals surface area contributed by atoms with Gasteiger partial charge in [0.2, 0.25) is 21.8 Å².